The van der Waals surface area contributed by atoms with Crippen LogP contribution >= 0.6 is 11.3 Å². The Kier molecular flexibility index (Phi) is 3.84. The van der Waals surface area contributed by atoms with Crippen molar-refractivity contribution >= 4 is 22.4 Å². The molecule has 0 aliphatic carbocycles. The maximum Gasteiger partial charge on any atom is 0.259 e. The summed E-state index contributed by atoms with van der Waals surface area (Å²) in [4.78, 5) is 20.5. The Morgan fingerprint density at radius 1 is 1.17 bits per heavy atom. The van der Waals surface area contributed by atoms with Crippen LogP contribution in [0.25, 0.3) is 11.3 Å². The van der Waals surface area contributed by atoms with E-state index in [0.717, 1.165) is 17.0 Å². The number of nitrogens with one attached hydrogen (secondary N) is 1. The molecule has 0 atom stereocenters. The van der Waals surface area contributed by atoms with Crippen molar-refractivity contribution in [2.75, 3.05) is 18.5 Å². The Balaban J connectivity index is 1.53. The van der Waals surface area contributed by atoms with Crippen LogP contribution in [0.2, 0.25) is 0 Å². The number of rotatable bonds is 3. The number of carbonyl (C=O) groups excluding carboxylic acids is 1. The van der Waals surface area contributed by atoms with Crippen molar-refractivity contribution in [3.63, 3.8) is 0 Å². The highest BCUT2D eigenvalue weighted by molar-refractivity contribution is 7.14. The molecule has 1 amide bonds. The molecule has 0 radical (unpaired) electrons. The Morgan fingerprint density at radius 2 is 2.04 bits per heavy atom. The third-order valence-electron chi connectivity index (χ3n) is 3.49. The molecule has 0 bridgehead atoms. The lowest BCUT2D eigenvalue weighted by Crippen LogP contribution is -2.15. The van der Waals surface area contributed by atoms with E-state index in [1.54, 1.807) is 18.3 Å². The minimum absolute atomic E-state index is 0.230. The summed E-state index contributed by atoms with van der Waals surface area (Å²) in [5.74, 6) is 1.23. The van der Waals surface area contributed by atoms with Crippen molar-refractivity contribution in [2.45, 2.75) is 0 Å². The number of aromatic nitrogens is 2. The predicted octanol–water partition coefficient (Wildman–Crippen LogP) is 3.23. The molecule has 24 heavy (non-hydrogen) atoms. The van der Waals surface area contributed by atoms with Crippen LogP contribution in [-0.2, 0) is 0 Å². The first-order valence-corrected chi connectivity index (χ1v) is 8.24. The van der Waals surface area contributed by atoms with Gasteiger partial charge >= 0.3 is 0 Å². The van der Waals surface area contributed by atoms with Gasteiger partial charge in [-0.15, -0.1) is 11.3 Å². The van der Waals surface area contributed by atoms with Gasteiger partial charge in [0.25, 0.3) is 5.91 Å². The van der Waals surface area contributed by atoms with Gasteiger partial charge in [-0.3, -0.25) is 15.1 Å². The highest BCUT2D eigenvalue weighted by atomic mass is 32.1. The van der Waals surface area contributed by atoms with E-state index in [2.05, 4.69) is 15.3 Å². The van der Waals surface area contributed by atoms with E-state index in [0.29, 0.717) is 29.7 Å². The fourth-order valence-corrected chi connectivity index (χ4v) is 3.05. The second kappa shape index (κ2) is 6.29. The van der Waals surface area contributed by atoms with E-state index in [4.69, 9.17) is 9.47 Å². The van der Waals surface area contributed by atoms with Gasteiger partial charge in [0.15, 0.2) is 16.6 Å². The summed E-state index contributed by atoms with van der Waals surface area (Å²) in [6, 6.07) is 9.12. The average molecular weight is 339 g/mol. The van der Waals surface area contributed by atoms with E-state index >= 15 is 0 Å². The van der Waals surface area contributed by atoms with E-state index < -0.39 is 0 Å². The van der Waals surface area contributed by atoms with Gasteiger partial charge in [-0.1, -0.05) is 0 Å². The number of hydrogen-bond acceptors (Lipinski definition) is 6. The minimum Gasteiger partial charge on any atom is -0.486 e. The van der Waals surface area contributed by atoms with Gasteiger partial charge in [0.2, 0.25) is 0 Å². The zero-order valence-corrected chi connectivity index (χ0v) is 13.4. The molecule has 2 aromatic heterocycles. The van der Waals surface area contributed by atoms with Crippen molar-refractivity contribution in [2.24, 2.45) is 0 Å². The first kappa shape index (κ1) is 14.6. The molecule has 0 unspecified atom stereocenters. The standard InChI is InChI=1S/C17H13N3O3S/c21-16(12-2-1-5-18-9-12)20-17-19-13(10-24-17)11-3-4-14-15(8-11)23-7-6-22-14/h1-5,8-10H,6-7H2,(H,19,20,21). The molecule has 0 spiro atoms. The lowest BCUT2D eigenvalue weighted by Gasteiger charge is -2.18. The number of thiazole rings is 1. The second-order valence-corrected chi connectivity index (χ2v) is 5.95. The molecule has 3 heterocycles. The van der Waals surface area contributed by atoms with Gasteiger partial charge in [-0.25, -0.2) is 4.98 Å². The number of fused-ring (bicyclic) bond motifs is 1. The normalized spacial score (nSPS) is 12.7. The van der Waals surface area contributed by atoms with Crippen LogP contribution in [-0.4, -0.2) is 29.1 Å². The number of pyridine rings is 1. The monoisotopic (exact) mass is 339 g/mol. The highest BCUT2D eigenvalue weighted by Crippen LogP contribution is 2.35. The summed E-state index contributed by atoms with van der Waals surface area (Å²) in [7, 11) is 0. The lowest BCUT2D eigenvalue weighted by molar-refractivity contribution is 0.102. The van der Waals surface area contributed by atoms with Crippen LogP contribution in [0, 0.1) is 0 Å². The largest absolute Gasteiger partial charge is 0.486 e. The molecule has 6 nitrogen and oxygen atoms in total. The fourth-order valence-electron chi connectivity index (χ4n) is 2.33. The molecule has 120 valence electrons. The summed E-state index contributed by atoms with van der Waals surface area (Å²) in [5, 5.41) is 5.21. The SMILES string of the molecule is O=C(Nc1nc(-c2ccc3c(c2)OCCO3)cs1)c1cccnc1. The zero-order valence-electron chi connectivity index (χ0n) is 12.6. The van der Waals surface area contributed by atoms with Gasteiger partial charge in [-0.05, 0) is 30.3 Å². The number of ether oxygens (including phenoxy) is 2. The van der Waals surface area contributed by atoms with Crippen molar-refractivity contribution in [1.29, 1.82) is 0 Å². The van der Waals surface area contributed by atoms with Crippen molar-refractivity contribution in [3.05, 3.63) is 53.7 Å². The van der Waals surface area contributed by atoms with Crippen LogP contribution in [0.1, 0.15) is 10.4 Å². The first-order chi connectivity index (χ1) is 11.8. The number of nitrogens with zero attached hydrogens (tertiary/aromatic N) is 2. The third kappa shape index (κ3) is 2.93. The summed E-state index contributed by atoms with van der Waals surface area (Å²) in [6.07, 6.45) is 3.14. The Morgan fingerprint density at radius 3 is 2.88 bits per heavy atom. The summed E-state index contributed by atoms with van der Waals surface area (Å²) < 4.78 is 11.1. The molecular weight excluding hydrogens is 326 g/mol. The number of anilines is 1. The minimum atomic E-state index is -0.230. The molecule has 4 rings (SSSR count). The molecule has 1 aromatic carbocycles. The Hall–Kier alpha value is -2.93. The second-order valence-electron chi connectivity index (χ2n) is 5.09. The summed E-state index contributed by atoms with van der Waals surface area (Å²) >= 11 is 1.37. The van der Waals surface area contributed by atoms with Crippen LogP contribution in [0.5, 0.6) is 11.5 Å². The number of hydrogen-bond donors (Lipinski definition) is 1. The van der Waals surface area contributed by atoms with Gasteiger partial charge in [0.05, 0.1) is 11.3 Å². The lowest BCUT2D eigenvalue weighted by atomic mass is 10.1. The molecule has 0 fully saturated rings. The van der Waals surface area contributed by atoms with Crippen LogP contribution in [0.15, 0.2) is 48.1 Å². The summed E-state index contributed by atoms with van der Waals surface area (Å²) in [6.45, 7) is 1.10. The van der Waals surface area contributed by atoms with E-state index in [1.165, 1.54) is 17.5 Å². The fraction of sp³-hybridized carbons (Fsp3) is 0.118. The maximum atomic E-state index is 12.1. The smallest absolute Gasteiger partial charge is 0.259 e. The number of benzene rings is 1. The van der Waals surface area contributed by atoms with Crippen LogP contribution in [0.4, 0.5) is 5.13 Å². The molecule has 1 N–H and O–H groups in total. The van der Waals surface area contributed by atoms with Crippen molar-refractivity contribution in [3.8, 4) is 22.8 Å². The first-order valence-electron chi connectivity index (χ1n) is 7.36. The Bertz CT molecular complexity index is 880. The van der Waals surface area contributed by atoms with E-state index in [9.17, 15) is 4.79 Å². The quantitative estimate of drug-likeness (QED) is 0.793. The topological polar surface area (TPSA) is 73.3 Å². The van der Waals surface area contributed by atoms with Crippen molar-refractivity contribution < 1.29 is 14.3 Å². The molecule has 0 saturated carbocycles. The molecule has 1 aliphatic heterocycles. The Labute approximate surface area is 142 Å². The molecule has 7 heteroatoms. The molecular formula is C17H13N3O3S. The van der Waals surface area contributed by atoms with E-state index in [-0.39, 0.29) is 5.91 Å². The van der Waals surface area contributed by atoms with Crippen LogP contribution in [0.3, 0.4) is 0 Å². The van der Waals surface area contributed by atoms with Gasteiger partial charge < -0.3 is 9.47 Å². The highest BCUT2D eigenvalue weighted by Gasteiger charge is 2.14. The van der Waals surface area contributed by atoms with Crippen LogP contribution < -0.4 is 14.8 Å². The maximum absolute atomic E-state index is 12.1. The van der Waals surface area contributed by atoms with Gasteiger partial charge in [0.1, 0.15) is 13.2 Å². The third-order valence-corrected chi connectivity index (χ3v) is 4.24. The molecule has 0 saturated heterocycles. The van der Waals surface area contributed by atoms with Gasteiger partial charge in [-0.2, -0.15) is 0 Å². The van der Waals surface area contributed by atoms with Gasteiger partial charge in [0, 0.05) is 23.3 Å². The average Bonchev–Trinajstić information content (AvgIpc) is 3.10. The van der Waals surface area contributed by atoms with Crippen molar-refractivity contribution in [1.82, 2.24) is 9.97 Å². The van der Waals surface area contributed by atoms with E-state index in [1.807, 2.05) is 23.6 Å². The molecule has 3 aromatic rings. The zero-order chi connectivity index (χ0) is 16.4. The summed E-state index contributed by atoms with van der Waals surface area (Å²) in [5.41, 5.74) is 2.18. The molecule has 1 aliphatic rings. The predicted molar refractivity (Wildman–Crippen MR) is 90.7 cm³/mol. The number of carbonyl (C=O) groups is 1. The number of amides is 1.